The number of piperazine rings is 1. The summed E-state index contributed by atoms with van der Waals surface area (Å²) >= 11 is 1.34. The Hall–Kier alpha value is -3.41. The standard InChI is InChI=1S/C29H38FN7O3S/c1-14(2)39-26-20-23(21(30)22(33-26)19-11-15(3)32-24(31)16(19)4)34-27(41-8)35-25(20)36-12-17-9-10-18(13-36)37(17)28(38)40-29(5,6)7/h11,14,17-18H,9-10,12-13H2,1-8H3,(H2,31,32). The minimum atomic E-state index is -0.579. The Morgan fingerprint density at radius 2 is 1.78 bits per heavy atom. The minimum absolute atomic E-state index is 0.0525. The highest BCUT2D eigenvalue weighted by molar-refractivity contribution is 7.98. The molecule has 0 radical (unpaired) electrons. The molecule has 2 unspecified atom stereocenters. The fourth-order valence-electron chi connectivity index (χ4n) is 5.61. The van der Waals surface area contributed by atoms with Crippen LogP contribution in [0.4, 0.5) is 20.8 Å². The van der Waals surface area contributed by atoms with E-state index >= 15 is 4.39 Å². The molecule has 0 aliphatic carbocycles. The zero-order chi connectivity index (χ0) is 29.8. The van der Waals surface area contributed by atoms with Crippen molar-refractivity contribution in [2.75, 3.05) is 30.0 Å². The second kappa shape index (κ2) is 10.8. The lowest BCUT2D eigenvalue weighted by molar-refractivity contribution is 0.0122. The number of nitrogens with two attached hydrogens (primary N) is 1. The predicted molar refractivity (Wildman–Crippen MR) is 159 cm³/mol. The maximum atomic E-state index is 16.5. The van der Waals surface area contributed by atoms with Gasteiger partial charge in [0.05, 0.1) is 18.2 Å². The molecule has 41 heavy (non-hydrogen) atoms. The van der Waals surface area contributed by atoms with Gasteiger partial charge in [-0.1, -0.05) is 11.8 Å². The maximum Gasteiger partial charge on any atom is 0.410 e. The summed E-state index contributed by atoms with van der Waals surface area (Å²) < 4.78 is 28.4. The van der Waals surface area contributed by atoms with E-state index in [9.17, 15) is 4.79 Å². The summed E-state index contributed by atoms with van der Waals surface area (Å²) in [6, 6.07) is 1.67. The maximum absolute atomic E-state index is 16.5. The van der Waals surface area contributed by atoms with Gasteiger partial charge in [-0.05, 0) is 73.6 Å². The van der Waals surface area contributed by atoms with E-state index in [1.54, 1.807) is 19.9 Å². The van der Waals surface area contributed by atoms with Gasteiger partial charge in [0.25, 0.3) is 0 Å². The average Bonchev–Trinajstić information content (AvgIpc) is 3.15. The van der Waals surface area contributed by atoms with E-state index in [1.807, 2.05) is 45.8 Å². The number of hydrogen-bond acceptors (Lipinski definition) is 10. The van der Waals surface area contributed by atoms with Crippen molar-refractivity contribution in [1.82, 2.24) is 24.8 Å². The van der Waals surface area contributed by atoms with Crippen LogP contribution in [0.3, 0.4) is 0 Å². The Morgan fingerprint density at radius 1 is 1.12 bits per heavy atom. The van der Waals surface area contributed by atoms with Crippen LogP contribution in [0.25, 0.3) is 22.2 Å². The molecule has 12 heteroatoms. The van der Waals surface area contributed by atoms with Crippen molar-refractivity contribution in [2.45, 2.75) is 90.3 Å². The summed E-state index contributed by atoms with van der Waals surface area (Å²) in [4.78, 5) is 35.5. The van der Waals surface area contributed by atoms with E-state index in [0.717, 1.165) is 12.8 Å². The Balaban J connectivity index is 1.66. The fourth-order valence-corrected chi connectivity index (χ4v) is 5.97. The van der Waals surface area contributed by atoms with Crippen LogP contribution in [-0.2, 0) is 4.74 Å². The second-order valence-electron chi connectivity index (χ2n) is 12.0. The van der Waals surface area contributed by atoms with E-state index < -0.39 is 11.4 Å². The Bertz CT molecular complexity index is 1500. The van der Waals surface area contributed by atoms with Crippen LogP contribution in [0.2, 0.25) is 0 Å². The summed E-state index contributed by atoms with van der Waals surface area (Å²) in [5, 5.41) is 0.849. The van der Waals surface area contributed by atoms with Crippen molar-refractivity contribution in [1.29, 1.82) is 0 Å². The Kier molecular flexibility index (Phi) is 7.65. The third kappa shape index (κ3) is 5.58. The molecule has 1 amide bonds. The first-order chi connectivity index (χ1) is 19.3. The molecule has 0 aromatic carbocycles. The van der Waals surface area contributed by atoms with Crippen molar-refractivity contribution >= 4 is 40.4 Å². The number of hydrogen-bond donors (Lipinski definition) is 1. The molecule has 0 spiro atoms. The number of amides is 1. The van der Waals surface area contributed by atoms with Crippen molar-refractivity contribution < 1.29 is 18.7 Å². The van der Waals surface area contributed by atoms with Gasteiger partial charge in [-0.15, -0.1) is 0 Å². The zero-order valence-corrected chi connectivity index (χ0v) is 25.7. The fraction of sp³-hybridized carbons (Fsp3) is 0.552. The van der Waals surface area contributed by atoms with Gasteiger partial charge in [-0.3, -0.25) is 4.90 Å². The predicted octanol–water partition coefficient (Wildman–Crippen LogP) is 5.52. The molecule has 2 aliphatic rings. The van der Waals surface area contributed by atoms with Crippen LogP contribution in [0.15, 0.2) is 11.2 Å². The lowest BCUT2D eigenvalue weighted by atomic mass is 10.0. The topological polar surface area (TPSA) is 120 Å². The van der Waals surface area contributed by atoms with Crippen molar-refractivity contribution in [2.24, 2.45) is 0 Å². The van der Waals surface area contributed by atoms with Gasteiger partial charge in [0.2, 0.25) is 5.88 Å². The first-order valence-electron chi connectivity index (χ1n) is 13.9. The number of thioether (sulfide) groups is 1. The van der Waals surface area contributed by atoms with Gasteiger partial charge >= 0.3 is 6.09 Å². The Labute approximate surface area is 244 Å². The molecule has 2 saturated heterocycles. The molecule has 2 bridgehead atoms. The largest absolute Gasteiger partial charge is 0.474 e. The second-order valence-corrected chi connectivity index (χ2v) is 12.8. The molecule has 0 saturated carbocycles. The number of halogens is 1. The number of nitrogen functional groups attached to an aromatic ring is 1. The monoisotopic (exact) mass is 583 g/mol. The molecule has 3 aromatic rings. The number of nitrogens with zero attached hydrogens (tertiary/aromatic N) is 6. The normalized spacial score (nSPS) is 18.9. The van der Waals surface area contributed by atoms with Gasteiger partial charge in [0.15, 0.2) is 11.0 Å². The van der Waals surface area contributed by atoms with Crippen LogP contribution in [0.1, 0.15) is 58.7 Å². The van der Waals surface area contributed by atoms with Gasteiger partial charge in [0.1, 0.15) is 33.8 Å². The van der Waals surface area contributed by atoms with E-state index in [-0.39, 0.29) is 41.4 Å². The molecule has 2 atom stereocenters. The number of aryl methyl sites for hydroxylation is 1. The van der Waals surface area contributed by atoms with Gasteiger partial charge in [0, 0.05) is 29.9 Å². The highest BCUT2D eigenvalue weighted by Gasteiger charge is 2.45. The lowest BCUT2D eigenvalue weighted by Crippen LogP contribution is -2.57. The average molecular weight is 584 g/mol. The zero-order valence-electron chi connectivity index (χ0n) is 24.9. The summed E-state index contributed by atoms with van der Waals surface area (Å²) in [5.74, 6) is 0.553. The number of carbonyl (C=O) groups is 1. The molecular weight excluding hydrogens is 545 g/mol. The van der Waals surface area contributed by atoms with Gasteiger partial charge < -0.3 is 20.1 Å². The SMILES string of the molecule is CSc1nc(N2CC3CCC(C2)N3C(=O)OC(C)(C)C)c2c(OC(C)C)nc(-c3cc(C)nc(N)c3C)c(F)c2n1. The van der Waals surface area contributed by atoms with Crippen LogP contribution in [0.5, 0.6) is 5.88 Å². The molecule has 5 rings (SSSR count). The third-order valence-electron chi connectivity index (χ3n) is 7.32. The van der Waals surface area contributed by atoms with Crippen molar-refractivity contribution in [3.8, 4) is 17.1 Å². The molecule has 2 N–H and O–H groups in total. The van der Waals surface area contributed by atoms with Crippen molar-refractivity contribution in [3.05, 3.63) is 23.1 Å². The number of ether oxygens (including phenoxy) is 2. The molecule has 5 heterocycles. The van der Waals surface area contributed by atoms with Gasteiger partial charge in [-0.25, -0.2) is 29.1 Å². The minimum Gasteiger partial charge on any atom is -0.474 e. The van der Waals surface area contributed by atoms with Crippen LogP contribution < -0.4 is 15.4 Å². The molecule has 10 nitrogen and oxygen atoms in total. The molecule has 2 fully saturated rings. The molecule has 220 valence electrons. The number of aromatic nitrogens is 4. The molecule has 3 aromatic heterocycles. The molecular formula is C29H38FN7O3S. The summed E-state index contributed by atoms with van der Waals surface area (Å²) in [6.45, 7) is 14.1. The smallest absolute Gasteiger partial charge is 0.410 e. The highest BCUT2D eigenvalue weighted by atomic mass is 32.2. The van der Waals surface area contributed by atoms with Gasteiger partial charge in [-0.2, -0.15) is 0 Å². The highest BCUT2D eigenvalue weighted by Crippen LogP contribution is 2.42. The van der Waals surface area contributed by atoms with Crippen molar-refractivity contribution in [3.63, 3.8) is 0 Å². The number of anilines is 2. The molecule has 2 aliphatic heterocycles. The lowest BCUT2D eigenvalue weighted by Gasteiger charge is -2.42. The summed E-state index contributed by atoms with van der Waals surface area (Å²) in [7, 11) is 0. The van der Waals surface area contributed by atoms with Crippen LogP contribution in [0, 0.1) is 19.7 Å². The van der Waals surface area contributed by atoms with E-state index in [0.29, 0.717) is 52.1 Å². The number of pyridine rings is 2. The van der Waals surface area contributed by atoms with Crippen LogP contribution >= 0.6 is 11.8 Å². The quantitative estimate of drug-likeness (QED) is 0.304. The van der Waals surface area contributed by atoms with E-state index in [2.05, 4.69) is 14.9 Å². The summed E-state index contributed by atoms with van der Waals surface area (Å²) in [5.41, 5.74) is 7.63. The summed E-state index contributed by atoms with van der Waals surface area (Å²) in [6.07, 6.45) is 3.03. The van der Waals surface area contributed by atoms with Crippen LogP contribution in [-0.4, -0.2) is 74.1 Å². The number of rotatable bonds is 5. The first kappa shape index (κ1) is 29.1. The number of carbonyl (C=O) groups excluding carboxylic acids is 1. The van der Waals surface area contributed by atoms with E-state index in [1.165, 1.54) is 11.8 Å². The third-order valence-corrected chi connectivity index (χ3v) is 7.87. The number of fused-ring (bicyclic) bond motifs is 3. The van der Waals surface area contributed by atoms with E-state index in [4.69, 9.17) is 25.2 Å². The first-order valence-corrected chi connectivity index (χ1v) is 15.1. The Morgan fingerprint density at radius 3 is 2.37 bits per heavy atom.